The highest BCUT2D eigenvalue weighted by molar-refractivity contribution is 5.70. The molecule has 0 amide bonds. The lowest BCUT2D eigenvalue weighted by Gasteiger charge is -2.26. The molecule has 0 aromatic carbocycles. The Morgan fingerprint density at radius 2 is 0.600 bits per heavy atom. The van der Waals surface area contributed by atoms with Gasteiger partial charge in [-0.3, -0.25) is 9.59 Å². The van der Waals surface area contributed by atoms with Crippen LogP contribution >= 0.6 is 0 Å². The fraction of sp³-hybridized carbons (Fsp3) is 0.908. The van der Waals surface area contributed by atoms with E-state index in [1.54, 1.807) is 0 Å². The summed E-state index contributed by atoms with van der Waals surface area (Å²) in [5.74, 6) is -2.25. The summed E-state index contributed by atoms with van der Waals surface area (Å²) in [6.07, 6.45) is 81.4. The molecular formula is C76H145NO8. The SMILES string of the molecule is CCCCCCCCCC/C=C\CCCCCCCCCCCCCCCCCCCCCCCC(=O)OC(COC(=O)CCCCCCCCCCCCCCCCC/C=C\CCCCCCCCCC)COC(OCC[N+](C)(C)C)C(=O)[O-]. The van der Waals surface area contributed by atoms with Gasteiger partial charge in [-0.1, -0.05) is 334 Å². The molecule has 0 aliphatic heterocycles. The minimum atomic E-state index is -1.62. The van der Waals surface area contributed by atoms with Gasteiger partial charge in [0, 0.05) is 12.8 Å². The number of hydrogen-bond acceptors (Lipinski definition) is 8. The zero-order valence-electron chi connectivity index (χ0n) is 57.5. The topological polar surface area (TPSA) is 111 Å². The summed E-state index contributed by atoms with van der Waals surface area (Å²) in [4.78, 5) is 37.5. The molecule has 9 heteroatoms. The average Bonchev–Trinajstić information content (AvgIpc) is 3.49. The summed E-state index contributed by atoms with van der Waals surface area (Å²) in [7, 11) is 5.95. The van der Waals surface area contributed by atoms with Crippen molar-refractivity contribution in [1.82, 2.24) is 0 Å². The molecule has 2 unspecified atom stereocenters. The Hall–Kier alpha value is -2.23. The maximum Gasteiger partial charge on any atom is 0.306 e. The number of carbonyl (C=O) groups excluding carboxylic acids is 3. The van der Waals surface area contributed by atoms with Gasteiger partial charge in [0.15, 0.2) is 12.4 Å². The molecular weight excluding hydrogens is 1050 g/mol. The van der Waals surface area contributed by atoms with Crippen molar-refractivity contribution >= 4 is 17.9 Å². The van der Waals surface area contributed by atoms with Gasteiger partial charge >= 0.3 is 11.9 Å². The largest absolute Gasteiger partial charge is 0.545 e. The van der Waals surface area contributed by atoms with Gasteiger partial charge in [0.1, 0.15) is 13.2 Å². The van der Waals surface area contributed by atoms with Crippen LogP contribution in [0.5, 0.6) is 0 Å². The van der Waals surface area contributed by atoms with Crippen LogP contribution in [0.25, 0.3) is 0 Å². The Balaban J connectivity index is 4.01. The van der Waals surface area contributed by atoms with E-state index in [4.69, 9.17) is 18.9 Å². The Morgan fingerprint density at radius 3 is 0.871 bits per heavy atom. The number of carbonyl (C=O) groups is 3. The van der Waals surface area contributed by atoms with Crippen LogP contribution in [0.2, 0.25) is 0 Å². The van der Waals surface area contributed by atoms with Gasteiger partial charge in [-0.05, 0) is 64.2 Å². The Labute approximate surface area is 528 Å². The van der Waals surface area contributed by atoms with Crippen molar-refractivity contribution in [1.29, 1.82) is 0 Å². The molecule has 0 saturated carbocycles. The minimum Gasteiger partial charge on any atom is -0.545 e. The molecule has 9 nitrogen and oxygen atoms in total. The van der Waals surface area contributed by atoms with E-state index in [2.05, 4.69) is 38.2 Å². The van der Waals surface area contributed by atoms with E-state index in [0.29, 0.717) is 17.4 Å². The Kier molecular flexibility index (Phi) is 65.9. The fourth-order valence-electron chi connectivity index (χ4n) is 11.4. The van der Waals surface area contributed by atoms with E-state index in [0.717, 1.165) is 38.5 Å². The van der Waals surface area contributed by atoms with Gasteiger partial charge in [0.05, 0.1) is 40.3 Å². The predicted molar refractivity (Wildman–Crippen MR) is 362 cm³/mol. The lowest BCUT2D eigenvalue weighted by molar-refractivity contribution is -0.870. The highest BCUT2D eigenvalue weighted by Gasteiger charge is 2.22. The number of hydrogen-bond donors (Lipinski definition) is 0. The predicted octanol–water partition coefficient (Wildman–Crippen LogP) is 22.0. The molecule has 502 valence electrons. The third-order valence-corrected chi connectivity index (χ3v) is 17.2. The molecule has 0 spiro atoms. The van der Waals surface area contributed by atoms with Crippen LogP contribution < -0.4 is 5.11 Å². The second kappa shape index (κ2) is 67.7. The van der Waals surface area contributed by atoms with E-state index < -0.39 is 24.3 Å². The molecule has 0 aromatic heterocycles. The summed E-state index contributed by atoms with van der Waals surface area (Å²) >= 11 is 0. The second-order valence-corrected chi connectivity index (χ2v) is 26.9. The summed E-state index contributed by atoms with van der Waals surface area (Å²) in [6, 6.07) is 0. The number of carboxylic acid groups (broad SMARTS) is 1. The summed E-state index contributed by atoms with van der Waals surface area (Å²) in [5, 5.41) is 11.8. The third kappa shape index (κ3) is 69.1. The van der Waals surface area contributed by atoms with E-state index in [9.17, 15) is 19.5 Å². The molecule has 0 radical (unpaired) electrons. The van der Waals surface area contributed by atoms with Crippen molar-refractivity contribution in [2.24, 2.45) is 0 Å². The van der Waals surface area contributed by atoms with Crippen LogP contribution in [0.4, 0.5) is 0 Å². The maximum absolute atomic E-state index is 12.9. The molecule has 0 aliphatic carbocycles. The van der Waals surface area contributed by atoms with Crippen LogP contribution in [0, 0.1) is 0 Å². The third-order valence-electron chi connectivity index (χ3n) is 17.2. The molecule has 0 saturated heterocycles. The molecule has 0 bridgehead atoms. The first-order valence-corrected chi connectivity index (χ1v) is 37.5. The number of carboxylic acids is 1. The van der Waals surface area contributed by atoms with Gasteiger partial charge in [-0.2, -0.15) is 0 Å². The molecule has 0 heterocycles. The zero-order valence-corrected chi connectivity index (χ0v) is 57.5. The van der Waals surface area contributed by atoms with Crippen molar-refractivity contribution in [2.45, 2.75) is 399 Å². The van der Waals surface area contributed by atoms with E-state index in [1.165, 1.54) is 321 Å². The molecule has 0 rings (SSSR count). The maximum atomic E-state index is 12.9. The number of quaternary nitrogens is 1. The summed E-state index contributed by atoms with van der Waals surface area (Å²) in [6.45, 7) is 4.83. The highest BCUT2D eigenvalue weighted by atomic mass is 16.7. The number of ether oxygens (including phenoxy) is 4. The van der Waals surface area contributed by atoms with Gasteiger partial charge < -0.3 is 33.3 Å². The summed E-state index contributed by atoms with van der Waals surface area (Å²) in [5.41, 5.74) is 0. The minimum absolute atomic E-state index is 0.151. The van der Waals surface area contributed by atoms with Crippen LogP contribution in [-0.2, 0) is 33.3 Å². The molecule has 0 aromatic rings. The molecule has 0 fully saturated rings. The van der Waals surface area contributed by atoms with E-state index in [-0.39, 0.29) is 32.2 Å². The number of nitrogens with zero attached hydrogens (tertiary/aromatic N) is 1. The van der Waals surface area contributed by atoms with Crippen LogP contribution in [0.15, 0.2) is 24.3 Å². The smallest absolute Gasteiger partial charge is 0.306 e. The number of aliphatic carboxylic acids is 1. The van der Waals surface area contributed by atoms with Crippen molar-refractivity contribution in [3.05, 3.63) is 24.3 Å². The Bertz CT molecular complexity index is 1440. The zero-order chi connectivity index (χ0) is 61.9. The van der Waals surface area contributed by atoms with Crippen molar-refractivity contribution in [2.75, 3.05) is 47.5 Å². The second-order valence-electron chi connectivity index (χ2n) is 26.9. The average molecular weight is 1200 g/mol. The van der Waals surface area contributed by atoms with Crippen LogP contribution in [0.3, 0.4) is 0 Å². The number of esters is 2. The summed E-state index contributed by atoms with van der Waals surface area (Å²) < 4.78 is 22.9. The van der Waals surface area contributed by atoms with E-state index >= 15 is 0 Å². The molecule has 0 aliphatic rings. The lowest BCUT2D eigenvalue weighted by atomic mass is 10.0. The number of rotatable bonds is 71. The first kappa shape index (κ1) is 82.8. The van der Waals surface area contributed by atoms with Crippen molar-refractivity contribution in [3.63, 3.8) is 0 Å². The number of likely N-dealkylation sites (N-methyl/N-ethyl adjacent to an activating group) is 1. The standard InChI is InChI=1S/C76H145NO8/c1-6-8-10-12-14-16-18-20-22-24-26-28-30-32-34-35-36-37-38-39-41-43-45-47-49-51-53-55-57-59-61-63-65-67-74(79)85-72(71-84-76(75(80)81)82-69-68-77(3,4)5)70-83-73(78)66-64-62-60-58-56-54-52-50-48-46-44-42-40-33-31-29-27-25-23-21-19-17-15-13-11-9-7-2/h24-27,72,76H,6-23,28-71H2,1-5H3/b26-24-,27-25-. The quantitative estimate of drug-likeness (QED) is 0.0195. The Morgan fingerprint density at radius 1 is 0.341 bits per heavy atom. The van der Waals surface area contributed by atoms with Gasteiger partial charge in [0.2, 0.25) is 0 Å². The monoisotopic (exact) mass is 1200 g/mol. The lowest BCUT2D eigenvalue weighted by Crippen LogP contribution is -2.44. The molecule has 2 atom stereocenters. The first-order valence-electron chi connectivity index (χ1n) is 37.5. The number of allylic oxidation sites excluding steroid dienone is 4. The highest BCUT2D eigenvalue weighted by Crippen LogP contribution is 2.19. The van der Waals surface area contributed by atoms with Crippen LogP contribution in [0.1, 0.15) is 386 Å². The van der Waals surface area contributed by atoms with Crippen molar-refractivity contribution in [3.8, 4) is 0 Å². The normalized spacial score (nSPS) is 12.7. The van der Waals surface area contributed by atoms with Crippen LogP contribution in [-0.4, -0.2) is 82.3 Å². The van der Waals surface area contributed by atoms with Crippen molar-refractivity contribution < 1.29 is 42.9 Å². The van der Waals surface area contributed by atoms with E-state index in [1.807, 2.05) is 21.1 Å². The van der Waals surface area contributed by atoms with Gasteiger partial charge in [0.25, 0.3) is 0 Å². The molecule has 85 heavy (non-hydrogen) atoms. The van der Waals surface area contributed by atoms with Gasteiger partial charge in [-0.15, -0.1) is 0 Å². The first-order chi connectivity index (χ1) is 41.6. The number of unbranched alkanes of at least 4 members (excludes halogenated alkanes) is 52. The van der Waals surface area contributed by atoms with Gasteiger partial charge in [-0.25, -0.2) is 0 Å². The molecule has 0 N–H and O–H groups in total. The fourth-order valence-corrected chi connectivity index (χ4v) is 11.4.